The number of hydrogen-bond donors (Lipinski definition) is 2. The van der Waals surface area contributed by atoms with Crippen LogP contribution in [0.2, 0.25) is 0 Å². The van der Waals surface area contributed by atoms with Crippen molar-refractivity contribution in [2.45, 2.75) is 19.8 Å². The van der Waals surface area contributed by atoms with Crippen LogP contribution in [0.25, 0.3) is 0 Å². The lowest BCUT2D eigenvalue weighted by Gasteiger charge is -2.06. The van der Waals surface area contributed by atoms with E-state index in [1.165, 1.54) is 0 Å². The van der Waals surface area contributed by atoms with Gasteiger partial charge in [0.1, 0.15) is 6.42 Å². The van der Waals surface area contributed by atoms with Crippen LogP contribution in [-0.2, 0) is 4.79 Å². The number of carbonyl (C=O) groups is 2. The predicted molar refractivity (Wildman–Crippen MR) is 71.4 cm³/mol. The van der Waals surface area contributed by atoms with Crippen molar-refractivity contribution in [2.24, 2.45) is 0 Å². The van der Waals surface area contributed by atoms with Gasteiger partial charge in [0.2, 0.25) is 5.91 Å². The van der Waals surface area contributed by atoms with Crippen LogP contribution in [0.5, 0.6) is 0 Å². The Labute approximate surface area is 112 Å². The Bertz CT molecular complexity index is 492. The average molecular weight is 259 g/mol. The van der Waals surface area contributed by atoms with E-state index in [4.69, 9.17) is 5.26 Å². The van der Waals surface area contributed by atoms with Gasteiger partial charge in [0.15, 0.2) is 0 Å². The fourth-order valence-electron chi connectivity index (χ4n) is 1.54. The molecule has 1 rings (SSSR count). The van der Waals surface area contributed by atoms with Gasteiger partial charge in [-0.2, -0.15) is 5.26 Å². The van der Waals surface area contributed by atoms with Gasteiger partial charge in [-0.3, -0.25) is 9.59 Å². The van der Waals surface area contributed by atoms with Gasteiger partial charge in [-0.05, 0) is 25.5 Å². The minimum atomic E-state index is -0.285. The smallest absolute Gasteiger partial charge is 0.251 e. The zero-order valence-electron chi connectivity index (χ0n) is 10.9. The van der Waals surface area contributed by atoms with Crippen molar-refractivity contribution in [3.63, 3.8) is 0 Å². The molecular weight excluding hydrogens is 242 g/mol. The summed E-state index contributed by atoms with van der Waals surface area (Å²) in [5, 5.41) is 13.7. The second kappa shape index (κ2) is 7.88. The molecule has 0 aliphatic heterocycles. The first-order valence-corrected chi connectivity index (χ1v) is 6.12. The zero-order valence-corrected chi connectivity index (χ0v) is 10.9. The minimum Gasteiger partial charge on any atom is -0.355 e. The van der Waals surface area contributed by atoms with Gasteiger partial charge < -0.3 is 10.6 Å². The second-order valence-corrected chi connectivity index (χ2v) is 4.16. The molecule has 0 aliphatic rings. The maximum atomic E-state index is 11.8. The maximum Gasteiger partial charge on any atom is 0.251 e. The molecule has 1 aromatic carbocycles. The van der Waals surface area contributed by atoms with E-state index >= 15 is 0 Å². The number of carbonyl (C=O) groups excluding carboxylic acids is 2. The lowest BCUT2D eigenvalue weighted by molar-refractivity contribution is -0.120. The summed E-state index contributed by atoms with van der Waals surface area (Å²) in [6, 6.07) is 9.13. The molecule has 19 heavy (non-hydrogen) atoms. The number of nitriles is 1. The van der Waals surface area contributed by atoms with Crippen LogP contribution in [0.1, 0.15) is 28.8 Å². The van der Waals surface area contributed by atoms with Gasteiger partial charge in [-0.15, -0.1) is 0 Å². The Morgan fingerprint density at radius 3 is 2.68 bits per heavy atom. The summed E-state index contributed by atoms with van der Waals surface area (Å²) >= 11 is 0. The van der Waals surface area contributed by atoms with Crippen LogP contribution in [0, 0.1) is 18.3 Å². The van der Waals surface area contributed by atoms with Crippen molar-refractivity contribution in [1.29, 1.82) is 5.26 Å². The third kappa shape index (κ3) is 5.68. The molecule has 0 saturated heterocycles. The standard InChI is InChI=1S/C14H17N3O2/c1-11-4-2-5-12(10-11)14(19)17-9-3-8-16-13(18)6-7-15/h2,4-5,10H,3,6,8-9H2,1H3,(H,16,18)(H,17,19). The van der Waals surface area contributed by atoms with Gasteiger partial charge in [-0.1, -0.05) is 17.7 Å². The molecule has 2 N–H and O–H groups in total. The van der Waals surface area contributed by atoms with Crippen LogP contribution >= 0.6 is 0 Å². The monoisotopic (exact) mass is 259 g/mol. The fourth-order valence-corrected chi connectivity index (χ4v) is 1.54. The number of rotatable bonds is 6. The largest absolute Gasteiger partial charge is 0.355 e. The van der Waals surface area contributed by atoms with Crippen LogP contribution in [0.15, 0.2) is 24.3 Å². The summed E-state index contributed by atoms with van der Waals surface area (Å²) in [6.45, 7) is 2.87. The predicted octanol–water partition coefficient (Wildman–Crippen LogP) is 1.14. The Morgan fingerprint density at radius 2 is 2.00 bits per heavy atom. The highest BCUT2D eigenvalue weighted by molar-refractivity contribution is 5.94. The molecule has 0 unspecified atom stereocenters. The van der Waals surface area contributed by atoms with E-state index in [0.717, 1.165) is 5.56 Å². The molecule has 5 nitrogen and oxygen atoms in total. The van der Waals surface area contributed by atoms with Crippen LogP contribution < -0.4 is 10.6 Å². The quantitative estimate of drug-likeness (QED) is 0.752. The molecule has 0 radical (unpaired) electrons. The Morgan fingerprint density at radius 1 is 1.26 bits per heavy atom. The zero-order chi connectivity index (χ0) is 14.1. The Balaban J connectivity index is 2.21. The number of hydrogen-bond acceptors (Lipinski definition) is 3. The van der Waals surface area contributed by atoms with Crippen molar-refractivity contribution in [2.75, 3.05) is 13.1 Å². The summed E-state index contributed by atoms with van der Waals surface area (Å²) < 4.78 is 0. The van der Waals surface area contributed by atoms with Crippen molar-refractivity contribution in [3.05, 3.63) is 35.4 Å². The van der Waals surface area contributed by atoms with E-state index in [1.807, 2.05) is 25.1 Å². The van der Waals surface area contributed by atoms with E-state index in [-0.39, 0.29) is 18.2 Å². The summed E-state index contributed by atoms with van der Waals surface area (Å²) in [4.78, 5) is 22.7. The molecule has 0 aliphatic carbocycles. The summed E-state index contributed by atoms with van der Waals surface area (Å²) in [5.41, 5.74) is 1.67. The highest BCUT2D eigenvalue weighted by Crippen LogP contribution is 2.03. The summed E-state index contributed by atoms with van der Waals surface area (Å²) in [6.07, 6.45) is 0.504. The third-order valence-corrected chi connectivity index (χ3v) is 2.48. The summed E-state index contributed by atoms with van der Waals surface area (Å²) in [7, 11) is 0. The molecule has 0 saturated carbocycles. The molecule has 0 heterocycles. The molecule has 0 fully saturated rings. The highest BCUT2D eigenvalue weighted by atomic mass is 16.2. The molecule has 1 aromatic rings. The lowest BCUT2D eigenvalue weighted by atomic mass is 10.1. The molecule has 0 atom stereocenters. The number of benzene rings is 1. The Kier molecular flexibility index (Phi) is 6.10. The first-order valence-electron chi connectivity index (χ1n) is 6.12. The van der Waals surface area contributed by atoms with E-state index in [2.05, 4.69) is 10.6 Å². The fraction of sp³-hybridized carbons (Fsp3) is 0.357. The van der Waals surface area contributed by atoms with E-state index in [1.54, 1.807) is 12.1 Å². The maximum absolute atomic E-state index is 11.8. The van der Waals surface area contributed by atoms with Crippen LogP contribution in [0.3, 0.4) is 0 Å². The lowest BCUT2D eigenvalue weighted by Crippen LogP contribution is -2.29. The number of nitrogens with one attached hydrogen (secondary N) is 2. The van der Waals surface area contributed by atoms with Crippen molar-refractivity contribution in [3.8, 4) is 6.07 Å². The van der Waals surface area contributed by atoms with E-state index < -0.39 is 0 Å². The van der Waals surface area contributed by atoms with Crippen LogP contribution in [0.4, 0.5) is 0 Å². The average Bonchev–Trinajstić information content (AvgIpc) is 2.38. The van der Waals surface area contributed by atoms with Gasteiger partial charge in [0, 0.05) is 18.7 Å². The molecule has 0 aromatic heterocycles. The minimum absolute atomic E-state index is 0.118. The summed E-state index contributed by atoms with van der Waals surface area (Å²) in [5.74, 6) is -0.403. The van der Waals surface area contributed by atoms with E-state index in [0.29, 0.717) is 25.1 Å². The number of amides is 2. The molecule has 5 heteroatoms. The SMILES string of the molecule is Cc1cccc(C(=O)NCCCNC(=O)CC#N)c1. The molecule has 100 valence electrons. The third-order valence-electron chi connectivity index (χ3n) is 2.48. The molecular formula is C14H17N3O2. The number of aryl methyl sites for hydroxylation is 1. The highest BCUT2D eigenvalue weighted by Gasteiger charge is 2.04. The molecule has 0 spiro atoms. The molecule has 2 amide bonds. The Hall–Kier alpha value is -2.35. The number of nitrogens with zero attached hydrogens (tertiary/aromatic N) is 1. The van der Waals surface area contributed by atoms with E-state index in [9.17, 15) is 9.59 Å². The first-order chi connectivity index (χ1) is 9.13. The normalized spacial score (nSPS) is 9.47. The van der Waals surface area contributed by atoms with Gasteiger partial charge >= 0.3 is 0 Å². The second-order valence-electron chi connectivity index (χ2n) is 4.16. The topological polar surface area (TPSA) is 82.0 Å². The molecule has 0 bridgehead atoms. The van der Waals surface area contributed by atoms with Gasteiger partial charge in [0.05, 0.1) is 6.07 Å². The van der Waals surface area contributed by atoms with Gasteiger partial charge in [-0.25, -0.2) is 0 Å². The van der Waals surface area contributed by atoms with Crippen molar-refractivity contribution in [1.82, 2.24) is 10.6 Å². The van der Waals surface area contributed by atoms with Gasteiger partial charge in [0.25, 0.3) is 5.91 Å². The van der Waals surface area contributed by atoms with Crippen molar-refractivity contribution >= 4 is 11.8 Å². The van der Waals surface area contributed by atoms with Crippen LogP contribution in [-0.4, -0.2) is 24.9 Å². The van der Waals surface area contributed by atoms with Crippen molar-refractivity contribution < 1.29 is 9.59 Å². The first kappa shape index (κ1) is 14.7.